The summed E-state index contributed by atoms with van der Waals surface area (Å²) < 4.78 is 1.41. The van der Waals surface area contributed by atoms with Crippen molar-refractivity contribution in [1.29, 1.82) is 5.26 Å². The standard InChI is InChI=1S/C12H8N2OS3/c1-16-12-9(7-13)11(17-18-12)14-10(15)8-5-3-2-4-6-8/h2-6H,1H3. The molecular formula is C12H8N2OS3. The van der Waals surface area contributed by atoms with Crippen LogP contribution in [0.15, 0.2) is 39.5 Å². The average molecular weight is 292 g/mol. The Bertz CT molecular complexity index is 665. The van der Waals surface area contributed by atoms with Gasteiger partial charge in [-0.05, 0) is 18.4 Å². The van der Waals surface area contributed by atoms with Gasteiger partial charge in [-0.1, -0.05) is 38.9 Å². The molecule has 0 aliphatic heterocycles. The second-order valence-corrected chi connectivity index (χ2v) is 6.44. The Hall–Kier alpha value is -1.42. The molecule has 1 heterocycles. The van der Waals surface area contributed by atoms with Gasteiger partial charge in [0.05, 0.1) is 4.21 Å². The molecule has 0 bridgehead atoms. The predicted octanol–water partition coefficient (Wildman–Crippen LogP) is 3.14. The van der Waals surface area contributed by atoms with E-state index in [9.17, 15) is 4.79 Å². The van der Waals surface area contributed by atoms with E-state index in [0.29, 0.717) is 15.8 Å². The summed E-state index contributed by atoms with van der Waals surface area (Å²) in [5.41, 5.74) is 1.03. The number of nitriles is 1. The van der Waals surface area contributed by atoms with Crippen LogP contribution in [-0.4, -0.2) is 12.2 Å². The molecule has 2 rings (SSSR count). The molecule has 1 aromatic heterocycles. The highest BCUT2D eigenvalue weighted by atomic mass is 32.9. The van der Waals surface area contributed by atoms with E-state index >= 15 is 0 Å². The molecule has 1 amide bonds. The topological polar surface area (TPSA) is 53.2 Å². The maximum atomic E-state index is 11.9. The minimum atomic E-state index is -0.311. The third-order valence-corrected chi connectivity index (χ3v) is 5.89. The third-order valence-electron chi connectivity index (χ3n) is 2.14. The number of rotatable bonds is 2. The van der Waals surface area contributed by atoms with Crippen LogP contribution in [0.2, 0.25) is 0 Å². The maximum Gasteiger partial charge on any atom is 0.278 e. The number of hydrogen-bond acceptors (Lipinski definition) is 5. The molecular weight excluding hydrogens is 284 g/mol. The zero-order chi connectivity index (χ0) is 13.0. The first-order chi connectivity index (χ1) is 8.76. The fourth-order valence-electron chi connectivity index (χ4n) is 1.29. The van der Waals surface area contributed by atoms with E-state index in [1.165, 1.54) is 32.4 Å². The highest BCUT2D eigenvalue weighted by Gasteiger charge is 2.10. The molecule has 18 heavy (non-hydrogen) atoms. The largest absolute Gasteiger partial charge is 0.278 e. The van der Waals surface area contributed by atoms with Crippen molar-refractivity contribution in [2.75, 3.05) is 6.26 Å². The SMILES string of the molecule is CSc1ssc(=NC(=O)c2ccccc2)c1C#N. The van der Waals surface area contributed by atoms with Gasteiger partial charge in [0.1, 0.15) is 16.3 Å². The molecule has 0 unspecified atom stereocenters. The third kappa shape index (κ3) is 2.70. The zero-order valence-corrected chi connectivity index (χ0v) is 11.9. The molecule has 0 saturated heterocycles. The van der Waals surface area contributed by atoms with Crippen LogP contribution in [0, 0.1) is 11.3 Å². The Morgan fingerprint density at radius 3 is 2.67 bits per heavy atom. The highest BCUT2D eigenvalue weighted by molar-refractivity contribution is 8.02. The quantitative estimate of drug-likeness (QED) is 0.631. The smallest absolute Gasteiger partial charge is 0.267 e. The van der Waals surface area contributed by atoms with Crippen LogP contribution in [0.1, 0.15) is 15.9 Å². The van der Waals surface area contributed by atoms with Gasteiger partial charge in [0, 0.05) is 5.56 Å². The summed E-state index contributed by atoms with van der Waals surface area (Å²) in [5, 5.41) is 9.08. The number of amides is 1. The Kier molecular flexibility index (Phi) is 4.31. The van der Waals surface area contributed by atoms with E-state index in [-0.39, 0.29) is 5.91 Å². The van der Waals surface area contributed by atoms with Gasteiger partial charge < -0.3 is 0 Å². The molecule has 0 N–H and O–H groups in total. The number of carbonyl (C=O) groups excluding carboxylic acids is 1. The second-order valence-electron chi connectivity index (χ2n) is 3.23. The molecule has 0 radical (unpaired) electrons. The molecule has 3 nitrogen and oxygen atoms in total. The molecule has 0 fully saturated rings. The molecule has 90 valence electrons. The fraction of sp³-hybridized carbons (Fsp3) is 0.0833. The van der Waals surface area contributed by atoms with E-state index in [4.69, 9.17) is 5.26 Å². The summed E-state index contributed by atoms with van der Waals surface area (Å²) in [4.78, 5) is 15.9. The lowest BCUT2D eigenvalue weighted by Crippen LogP contribution is -2.05. The fourth-order valence-corrected chi connectivity index (χ4v) is 4.76. The molecule has 1 aromatic carbocycles. The number of nitrogens with zero attached hydrogens (tertiary/aromatic N) is 2. The van der Waals surface area contributed by atoms with Crippen LogP contribution in [0.5, 0.6) is 0 Å². The lowest BCUT2D eigenvalue weighted by molar-refractivity contribution is 0.0999. The van der Waals surface area contributed by atoms with Gasteiger partial charge >= 0.3 is 0 Å². The van der Waals surface area contributed by atoms with Crippen LogP contribution in [0.3, 0.4) is 0 Å². The first-order valence-electron chi connectivity index (χ1n) is 4.97. The lowest BCUT2D eigenvalue weighted by Gasteiger charge is -1.92. The van der Waals surface area contributed by atoms with E-state index in [0.717, 1.165) is 4.21 Å². The zero-order valence-electron chi connectivity index (χ0n) is 9.41. The Morgan fingerprint density at radius 1 is 1.33 bits per heavy atom. The average Bonchev–Trinajstić information content (AvgIpc) is 2.81. The van der Waals surface area contributed by atoms with Gasteiger partial charge in [0.2, 0.25) is 0 Å². The second kappa shape index (κ2) is 5.96. The normalized spacial score (nSPS) is 11.2. The van der Waals surface area contributed by atoms with Crippen LogP contribution >= 0.6 is 32.4 Å². The van der Waals surface area contributed by atoms with E-state index in [2.05, 4.69) is 11.1 Å². The van der Waals surface area contributed by atoms with Gasteiger partial charge in [0.15, 0.2) is 0 Å². The maximum absolute atomic E-state index is 11.9. The van der Waals surface area contributed by atoms with Gasteiger partial charge in [-0.2, -0.15) is 10.3 Å². The van der Waals surface area contributed by atoms with Crippen molar-refractivity contribution in [2.24, 2.45) is 4.99 Å². The number of benzene rings is 1. The summed E-state index contributed by atoms with van der Waals surface area (Å²) in [6.07, 6.45) is 1.90. The van der Waals surface area contributed by atoms with Crippen molar-refractivity contribution < 1.29 is 4.79 Å². The molecule has 0 aliphatic rings. The first-order valence-corrected chi connectivity index (χ1v) is 8.35. The van der Waals surface area contributed by atoms with Crippen LogP contribution in [0.25, 0.3) is 0 Å². The van der Waals surface area contributed by atoms with Gasteiger partial charge in [-0.15, -0.1) is 11.8 Å². The van der Waals surface area contributed by atoms with Crippen LogP contribution in [0.4, 0.5) is 0 Å². The Balaban J connectivity index is 2.44. The minimum absolute atomic E-state index is 0.311. The van der Waals surface area contributed by atoms with Crippen molar-refractivity contribution in [3.63, 3.8) is 0 Å². The molecule has 6 heteroatoms. The number of hydrogen-bond donors (Lipinski definition) is 0. The molecule has 0 spiro atoms. The lowest BCUT2D eigenvalue weighted by atomic mass is 10.2. The van der Waals surface area contributed by atoms with E-state index < -0.39 is 0 Å². The van der Waals surface area contributed by atoms with E-state index in [1.807, 2.05) is 12.3 Å². The van der Waals surface area contributed by atoms with Crippen molar-refractivity contribution in [3.05, 3.63) is 46.1 Å². The summed E-state index contributed by atoms with van der Waals surface area (Å²) in [5.74, 6) is -0.311. The minimum Gasteiger partial charge on any atom is -0.267 e. The van der Waals surface area contributed by atoms with Crippen molar-refractivity contribution in [1.82, 2.24) is 0 Å². The summed E-state index contributed by atoms with van der Waals surface area (Å²) in [7, 11) is 2.83. The molecule has 0 atom stereocenters. The van der Waals surface area contributed by atoms with Crippen LogP contribution in [-0.2, 0) is 0 Å². The van der Waals surface area contributed by atoms with Crippen molar-refractivity contribution in [3.8, 4) is 6.07 Å². The molecule has 2 aromatic rings. The molecule has 0 saturated carbocycles. The predicted molar refractivity (Wildman–Crippen MR) is 75.0 cm³/mol. The number of thioether (sulfide) groups is 1. The van der Waals surface area contributed by atoms with Crippen LogP contribution < -0.4 is 4.67 Å². The molecule has 0 aliphatic carbocycles. The van der Waals surface area contributed by atoms with Crippen molar-refractivity contribution >= 4 is 38.3 Å². The number of carbonyl (C=O) groups is 1. The Morgan fingerprint density at radius 2 is 2.06 bits per heavy atom. The summed E-state index contributed by atoms with van der Waals surface area (Å²) >= 11 is 1.50. The van der Waals surface area contributed by atoms with Gasteiger partial charge in [0.25, 0.3) is 5.91 Å². The summed E-state index contributed by atoms with van der Waals surface area (Å²) in [6, 6.07) is 11.0. The monoisotopic (exact) mass is 292 g/mol. The van der Waals surface area contributed by atoms with Gasteiger partial charge in [-0.3, -0.25) is 4.79 Å². The van der Waals surface area contributed by atoms with Gasteiger partial charge in [-0.25, -0.2) is 0 Å². The summed E-state index contributed by atoms with van der Waals surface area (Å²) in [6.45, 7) is 0. The van der Waals surface area contributed by atoms with E-state index in [1.54, 1.807) is 24.3 Å². The highest BCUT2D eigenvalue weighted by Crippen LogP contribution is 2.26. The first kappa shape index (κ1) is 13.0. The van der Waals surface area contributed by atoms with Crippen molar-refractivity contribution in [2.45, 2.75) is 4.21 Å². The Labute approximate surface area is 116 Å².